The fraction of sp³-hybridized carbons (Fsp3) is 0.350. The highest BCUT2D eigenvalue weighted by molar-refractivity contribution is 5.51. The van der Waals surface area contributed by atoms with Crippen molar-refractivity contribution in [2.75, 3.05) is 26.8 Å². The van der Waals surface area contributed by atoms with Gasteiger partial charge in [-0.2, -0.15) is 0 Å². The van der Waals surface area contributed by atoms with E-state index < -0.39 is 0 Å². The highest BCUT2D eigenvalue weighted by Crippen LogP contribution is 2.34. The summed E-state index contributed by atoms with van der Waals surface area (Å²) in [5.41, 5.74) is 1.53. The predicted octanol–water partition coefficient (Wildman–Crippen LogP) is 3.13. The summed E-state index contributed by atoms with van der Waals surface area (Å²) < 4.78 is 25.3. The van der Waals surface area contributed by atoms with E-state index in [1.54, 1.807) is 19.4 Å². The lowest BCUT2D eigenvalue weighted by molar-refractivity contribution is 0.143. The van der Waals surface area contributed by atoms with E-state index >= 15 is 0 Å². The number of methoxy groups -OCH3 is 1. The smallest absolute Gasteiger partial charge is 0.247 e. The fourth-order valence-electron chi connectivity index (χ4n) is 3.61. The lowest BCUT2D eigenvalue weighted by atomic mass is 9.97. The van der Waals surface area contributed by atoms with Gasteiger partial charge in [-0.15, -0.1) is 10.2 Å². The molecule has 3 aromatic rings. The summed E-state index contributed by atoms with van der Waals surface area (Å²) in [6, 6.07) is 11.4. The number of pyridine rings is 1. The van der Waals surface area contributed by atoms with Crippen LogP contribution in [0.5, 0.6) is 0 Å². The van der Waals surface area contributed by atoms with Gasteiger partial charge in [-0.05, 0) is 18.2 Å². The first-order valence-corrected chi connectivity index (χ1v) is 8.93. The molecule has 0 amide bonds. The van der Waals surface area contributed by atoms with E-state index in [2.05, 4.69) is 20.1 Å². The number of nitrogens with zero attached hydrogens (tertiary/aromatic N) is 4. The molecule has 3 heterocycles. The average molecular weight is 368 g/mol. The number of benzene rings is 1. The van der Waals surface area contributed by atoms with Gasteiger partial charge in [0.25, 0.3) is 0 Å². The summed E-state index contributed by atoms with van der Waals surface area (Å²) in [5, 5.41) is 8.49. The van der Waals surface area contributed by atoms with Gasteiger partial charge < -0.3 is 9.15 Å². The molecular weight excluding hydrogens is 347 g/mol. The van der Waals surface area contributed by atoms with Crippen molar-refractivity contribution < 1.29 is 13.5 Å². The van der Waals surface area contributed by atoms with E-state index in [0.717, 1.165) is 12.1 Å². The second-order valence-electron chi connectivity index (χ2n) is 6.79. The van der Waals surface area contributed by atoms with Crippen molar-refractivity contribution in [2.24, 2.45) is 5.92 Å². The molecular formula is C20H21FN4O2. The van der Waals surface area contributed by atoms with Gasteiger partial charge in [0.1, 0.15) is 5.82 Å². The molecule has 2 atom stereocenters. The molecule has 2 aromatic heterocycles. The quantitative estimate of drug-likeness (QED) is 0.666. The molecule has 6 nitrogen and oxygen atoms in total. The Bertz CT molecular complexity index is 886. The Morgan fingerprint density at radius 1 is 1.19 bits per heavy atom. The van der Waals surface area contributed by atoms with Crippen molar-refractivity contribution in [3.05, 3.63) is 66.1 Å². The monoisotopic (exact) mass is 368 g/mol. The molecule has 1 aliphatic heterocycles. The van der Waals surface area contributed by atoms with Gasteiger partial charge in [0.15, 0.2) is 0 Å². The van der Waals surface area contributed by atoms with Crippen molar-refractivity contribution in [1.29, 1.82) is 0 Å². The molecule has 0 bridgehead atoms. The van der Waals surface area contributed by atoms with Gasteiger partial charge >= 0.3 is 0 Å². The zero-order valence-electron chi connectivity index (χ0n) is 15.1. The molecule has 0 unspecified atom stereocenters. The van der Waals surface area contributed by atoms with Crippen molar-refractivity contribution in [3.63, 3.8) is 0 Å². The van der Waals surface area contributed by atoms with Gasteiger partial charge in [-0.1, -0.05) is 18.2 Å². The minimum atomic E-state index is -0.284. The lowest BCUT2D eigenvalue weighted by Gasteiger charge is -2.15. The summed E-state index contributed by atoms with van der Waals surface area (Å²) in [4.78, 5) is 6.00. The largest absolute Gasteiger partial charge is 0.420 e. The Hall–Kier alpha value is -2.64. The van der Waals surface area contributed by atoms with Crippen LogP contribution in [0, 0.1) is 11.7 Å². The van der Waals surface area contributed by atoms with Crippen LogP contribution in [0.2, 0.25) is 0 Å². The second-order valence-corrected chi connectivity index (χ2v) is 6.79. The van der Waals surface area contributed by atoms with E-state index in [4.69, 9.17) is 9.15 Å². The van der Waals surface area contributed by atoms with E-state index in [1.807, 2.05) is 30.3 Å². The van der Waals surface area contributed by atoms with Crippen LogP contribution in [-0.2, 0) is 11.3 Å². The van der Waals surface area contributed by atoms with Crippen molar-refractivity contribution in [3.8, 4) is 11.5 Å². The number of hydrogen-bond donors (Lipinski definition) is 0. The molecule has 4 rings (SSSR count). The summed E-state index contributed by atoms with van der Waals surface area (Å²) in [6.45, 7) is 2.60. The predicted molar refractivity (Wildman–Crippen MR) is 97.3 cm³/mol. The fourth-order valence-corrected chi connectivity index (χ4v) is 3.61. The molecule has 1 fully saturated rings. The first kappa shape index (κ1) is 17.8. The molecule has 1 aromatic carbocycles. The molecule has 1 saturated heterocycles. The van der Waals surface area contributed by atoms with E-state index in [-0.39, 0.29) is 17.7 Å². The normalized spacial score (nSPS) is 20.2. The highest BCUT2D eigenvalue weighted by Gasteiger charge is 2.37. The van der Waals surface area contributed by atoms with Gasteiger partial charge in [0, 0.05) is 50.0 Å². The maximum atomic E-state index is 13.9. The molecule has 0 spiro atoms. The van der Waals surface area contributed by atoms with Crippen molar-refractivity contribution in [1.82, 2.24) is 20.1 Å². The first-order valence-electron chi connectivity index (χ1n) is 8.93. The number of aromatic nitrogens is 3. The maximum Gasteiger partial charge on any atom is 0.247 e. The third-order valence-corrected chi connectivity index (χ3v) is 4.93. The van der Waals surface area contributed by atoms with Crippen LogP contribution in [-0.4, -0.2) is 46.9 Å². The molecule has 1 aliphatic rings. The van der Waals surface area contributed by atoms with E-state index in [1.165, 1.54) is 6.20 Å². The van der Waals surface area contributed by atoms with Crippen LogP contribution in [0.1, 0.15) is 17.4 Å². The summed E-state index contributed by atoms with van der Waals surface area (Å²) >= 11 is 0. The molecule has 7 heteroatoms. The van der Waals surface area contributed by atoms with Crippen LogP contribution in [0.3, 0.4) is 0 Å². The van der Waals surface area contributed by atoms with E-state index in [0.29, 0.717) is 37.0 Å². The number of ether oxygens (including phenoxy) is 1. The Morgan fingerprint density at radius 2 is 2.04 bits per heavy atom. The highest BCUT2D eigenvalue weighted by atomic mass is 19.1. The van der Waals surface area contributed by atoms with Gasteiger partial charge in [0.05, 0.1) is 18.7 Å². The van der Waals surface area contributed by atoms with Crippen LogP contribution in [0.15, 0.2) is 53.2 Å². The van der Waals surface area contributed by atoms with Crippen molar-refractivity contribution in [2.45, 2.75) is 12.5 Å². The Labute approximate surface area is 157 Å². The number of rotatable bonds is 6. The molecule has 140 valence electrons. The molecule has 27 heavy (non-hydrogen) atoms. The molecule has 0 aliphatic carbocycles. The van der Waals surface area contributed by atoms with Gasteiger partial charge in [0.2, 0.25) is 11.8 Å². The Kier molecular flexibility index (Phi) is 5.22. The number of likely N-dealkylation sites (tertiary alicyclic amines) is 1. The topological polar surface area (TPSA) is 64.3 Å². The van der Waals surface area contributed by atoms with Gasteiger partial charge in [-0.3, -0.25) is 9.88 Å². The van der Waals surface area contributed by atoms with Crippen molar-refractivity contribution >= 4 is 0 Å². The SMILES string of the molecule is COC[C@@H]1CN(Cc2ccncc2F)C[C@H]1c1nnc(-c2ccccc2)o1. The first-order chi connectivity index (χ1) is 13.2. The third kappa shape index (κ3) is 3.89. The van der Waals surface area contributed by atoms with Crippen LogP contribution >= 0.6 is 0 Å². The maximum absolute atomic E-state index is 13.9. The van der Waals surface area contributed by atoms with Gasteiger partial charge in [-0.25, -0.2) is 4.39 Å². The van der Waals surface area contributed by atoms with Crippen LogP contribution in [0.25, 0.3) is 11.5 Å². The molecule has 0 saturated carbocycles. The van der Waals surface area contributed by atoms with E-state index in [9.17, 15) is 4.39 Å². The molecule has 0 N–H and O–H groups in total. The number of hydrogen-bond acceptors (Lipinski definition) is 6. The summed E-state index contributed by atoms with van der Waals surface area (Å²) in [5.74, 6) is 1.10. The minimum Gasteiger partial charge on any atom is -0.420 e. The summed E-state index contributed by atoms with van der Waals surface area (Å²) in [7, 11) is 1.69. The second kappa shape index (κ2) is 7.94. The molecule has 0 radical (unpaired) electrons. The number of halogens is 1. The average Bonchev–Trinajstić information content (AvgIpc) is 3.32. The zero-order valence-corrected chi connectivity index (χ0v) is 15.1. The standard InChI is InChI=1S/C20H21FN4O2/c1-26-13-16-11-25(10-15-7-8-22-9-18(15)21)12-17(16)20-24-23-19(27-20)14-5-3-2-4-6-14/h2-9,16-17H,10-13H2,1H3/t16-,17+/m0/s1. The van der Waals surface area contributed by atoms with Crippen LogP contribution in [0.4, 0.5) is 4.39 Å². The third-order valence-electron chi connectivity index (χ3n) is 4.93. The zero-order chi connectivity index (χ0) is 18.6. The van der Waals surface area contributed by atoms with Crippen LogP contribution < -0.4 is 0 Å². The summed E-state index contributed by atoms with van der Waals surface area (Å²) in [6.07, 6.45) is 2.86. The Balaban J connectivity index is 1.53. The lowest BCUT2D eigenvalue weighted by Crippen LogP contribution is -2.21. The Morgan fingerprint density at radius 3 is 2.81 bits per heavy atom. The minimum absolute atomic E-state index is 0.0554.